The summed E-state index contributed by atoms with van der Waals surface area (Å²) in [7, 11) is 0. The number of rotatable bonds is 6. The highest BCUT2D eigenvalue weighted by atomic mass is 79.9. The molecule has 0 bridgehead atoms. The van der Waals surface area contributed by atoms with Crippen LogP contribution in [0.3, 0.4) is 0 Å². The number of hydrogen-bond donors (Lipinski definition) is 1. The van der Waals surface area contributed by atoms with Crippen molar-refractivity contribution in [3.63, 3.8) is 0 Å². The maximum atomic E-state index is 11.0. The maximum Gasteiger partial charge on any atom is 0.275 e. The molecule has 0 spiro atoms. The summed E-state index contributed by atoms with van der Waals surface area (Å²) in [6.45, 7) is 6.87. The van der Waals surface area contributed by atoms with E-state index in [0.29, 0.717) is 12.1 Å². The molecule has 5 heteroatoms. The van der Waals surface area contributed by atoms with Crippen LogP contribution in [0.25, 0.3) is 0 Å². The van der Waals surface area contributed by atoms with Crippen molar-refractivity contribution in [2.24, 2.45) is 0 Å². The van der Waals surface area contributed by atoms with Gasteiger partial charge >= 0.3 is 0 Å². The Hall–Kier alpha value is -0.940. The molecule has 0 heterocycles. The highest BCUT2D eigenvalue weighted by molar-refractivity contribution is 9.10. The molecular formula is C13H19BrN2O2. The quantitative estimate of drug-likeness (QED) is 0.637. The molecule has 0 aliphatic rings. The minimum Gasteiger partial charge on any atom is -0.307 e. The molecule has 0 aliphatic carbocycles. The van der Waals surface area contributed by atoms with Gasteiger partial charge in [-0.3, -0.25) is 10.1 Å². The largest absolute Gasteiger partial charge is 0.307 e. The SMILES string of the molecule is CCCC(C)(C)NCc1ccc(Br)cc1[N+](=O)[O-]. The number of halogens is 1. The number of nitrogens with one attached hydrogen (secondary N) is 1. The topological polar surface area (TPSA) is 55.2 Å². The van der Waals surface area contributed by atoms with E-state index in [1.54, 1.807) is 12.1 Å². The highest BCUT2D eigenvalue weighted by Crippen LogP contribution is 2.24. The monoisotopic (exact) mass is 314 g/mol. The second-order valence-corrected chi connectivity index (χ2v) is 5.93. The molecule has 100 valence electrons. The summed E-state index contributed by atoms with van der Waals surface area (Å²) in [4.78, 5) is 10.6. The van der Waals surface area contributed by atoms with E-state index in [1.165, 1.54) is 0 Å². The third kappa shape index (κ3) is 4.38. The van der Waals surface area contributed by atoms with Crippen molar-refractivity contribution in [2.75, 3.05) is 0 Å². The van der Waals surface area contributed by atoms with Crippen LogP contribution in [0.4, 0.5) is 5.69 Å². The van der Waals surface area contributed by atoms with Crippen molar-refractivity contribution >= 4 is 21.6 Å². The van der Waals surface area contributed by atoms with Gasteiger partial charge in [-0.25, -0.2) is 0 Å². The number of nitrogens with zero attached hydrogens (tertiary/aromatic N) is 1. The van der Waals surface area contributed by atoms with Crippen LogP contribution < -0.4 is 5.32 Å². The zero-order valence-corrected chi connectivity index (χ0v) is 12.6. The van der Waals surface area contributed by atoms with E-state index in [-0.39, 0.29) is 16.1 Å². The van der Waals surface area contributed by atoms with Gasteiger partial charge in [0.1, 0.15) is 0 Å². The first kappa shape index (κ1) is 15.1. The van der Waals surface area contributed by atoms with Gasteiger partial charge in [0.2, 0.25) is 0 Å². The molecule has 0 saturated carbocycles. The summed E-state index contributed by atoms with van der Waals surface area (Å²) in [5.41, 5.74) is 0.868. The van der Waals surface area contributed by atoms with Gasteiger partial charge in [-0.2, -0.15) is 0 Å². The third-order valence-electron chi connectivity index (χ3n) is 2.88. The number of nitro groups is 1. The lowest BCUT2D eigenvalue weighted by Gasteiger charge is -2.25. The Bertz CT molecular complexity index is 433. The summed E-state index contributed by atoms with van der Waals surface area (Å²) in [6, 6.07) is 5.16. The second-order valence-electron chi connectivity index (χ2n) is 5.02. The van der Waals surface area contributed by atoms with Crippen molar-refractivity contribution in [1.82, 2.24) is 5.32 Å². The molecular weight excluding hydrogens is 296 g/mol. The average Bonchev–Trinajstić information content (AvgIpc) is 2.27. The van der Waals surface area contributed by atoms with E-state index in [1.807, 2.05) is 6.07 Å². The van der Waals surface area contributed by atoms with Gasteiger partial charge in [-0.1, -0.05) is 29.3 Å². The molecule has 1 aromatic rings. The molecule has 1 aromatic carbocycles. The van der Waals surface area contributed by atoms with E-state index in [0.717, 1.165) is 17.3 Å². The first-order chi connectivity index (χ1) is 8.35. The van der Waals surface area contributed by atoms with Crippen LogP contribution in [-0.2, 0) is 6.54 Å². The third-order valence-corrected chi connectivity index (χ3v) is 3.37. The Labute approximate surface area is 116 Å². The summed E-state index contributed by atoms with van der Waals surface area (Å²) in [6.07, 6.45) is 2.12. The summed E-state index contributed by atoms with van der Waals surface area (Å²) >= 11 is 3.26. The van der Waals surface area contributed by atoms with Crippen LogP contribution in [-0.4, -0.2) is 10.5 Å². The van der Waals surface area contributed by atoms with Crippen molar-refractivity contribution in [1.29, 1.82) is 0 Å². The van der Waals surface area contributed by atoms with Gasteiger partial charge < -0.3 is 5.32 Å². The van der Waals surface area contributed by atoms with Crippen molar-refractivity contribution in [3.8, 4) is 0 Å². The Kier molecular flexibility index (Phi) is 5.28. The standard InChI is InChI=1S/C13H19BrN2O2/c1-4-7-13(2,3)15-9-10-5-6-11(14)8-12(10)16(17)18/h5-6,8,15H,4,7,9H2,1-3H3. The number of benzene rings is 1. The first-order valence-corrected chi connectivity index (χ1v) is 6.83. The smallest absolute Gasteiger partial charge is 0.275 e. The summed E-state index contributed by atoms with van der Waals surface area (Å²) < 4.78 is 0.728. The van der Waals surface area contributed by atoms with Crippen LogP contribution in [0, 0.1) is 10.1 Å². The fourth-order valence-electron chi connectivity index (χ4n) is 1.90. The molecule has 0 aromatic heterocycles. The fourth-order valence-corrected chi connectivity index (χ4v) is 2.25. The second kappa shape index (κ2) is 6.29. The Morgan fingerprint density at radius 1 is 1.44 bits per heavy atom. The predicted octanol–water partition coefficient (Wildman–Crippen LogP) is 4.03. The molecule has 0 saturated heterocycles. The van der Waals surface area contributed by atoms with Crippen LogP contribution in [0.15, 0.2) is 22.7 Å². The van der Waals surface area contributed by atoms with Crippen LogP contribution >= 0.6 is 15.9 Å². The zero-order valence-electron chi connectivity index (χ0n) is 11.0. The number of nitro benzene ring substituents is 1. The molecule has 0 atom stereocenters. The average molecular weight is 315 g/mol. The lowest BCUT2D eigenvalue weighted by Crippen LogP contribution is -2.38. The van der Waals surface area contributed by atoms with Crippen LogP contribution in [0.1, 0.15) is 39.2 Å². The molecule has 4 nitrogen and oxygen atoms in total. The van der Waals surface area contributed by atoms with Gasteiger partial charge in [-0.15, -0.1) is 0 Å². The fraction of sp³-hybridized carbons (Fsp3) is 0.538. The molecule has 0 aliphatic heterocycles. The van der Waals surface area contributed by atoms with Crippen molar-refractivity contribution in [2.45, 2.75) is 45.7 Å². The van der Waals surface area contributed by atoms with E-state index in [2.05, 4.69) is 42.0 Å². The Balaban J connectivity index is 2.82. The van der Waals surface area contributed by atoms with Gasteiger partial charge in [0, 0.05) is 28.2 Å². The Morgan fingerprint density at radius 3 is 2.67 bits per heavy atom. The van der Waals surface area contributed by atoms with Crippen molar-refractivity contribution in [3.05, 3.63) is 38.3 Å². The first-order valence-electron chi connectivity index (χ1n) is 6.03. The lowest BCUT2D eigenvalue weighted by molar-refractivity contribution is -0.385. The minimum absolute atomic E-state index is 0.00427. The summed E-state index contributed by atoms with van der Waals surface area (Å²) in [5, 5.41) is 14.4. The zero-order chi connectivity index (χ0) is 13.8. The Morgan fingerprint density at radius 2 is 2.11 bits per heavy atom. The van der Waals surface area contributed by atoms with E-state index < -0.39 is 0 Å². The molecule has 1 rings (SSSR count). The molecule has 0 amide bonds. The van der Waals surface area contributed by atoms with Gasteiger partial charge in [0.05, 0.1) is 4.92 Å². The molecule has 1 N–H and O–H groups in total. The maximum absolute atomic E-state index is 11.0. The lowest BCUT2D eigenvalue weighted by atomic mass is 9.98. The van der Waals surface area contributed by atoms with E-state index >= 15 is 0 Å². The molecule has 18 heavy (non-hydrogen) atoms. The van der Waals surface area contributed by atoms with E-state index in [4.69, 9.17) is 0 Å². The highest BCUT2D eigenvalue weighted by Gasteiger charge is 2.19. The molecule has 0 fully saturated rings. The minimum atomic E-state index is -0.339. The van der Waals surface area contributed by atoms with Crippen LogP contribution in [0.2, 0.25) is 0 Å². The van der Waals surface area contributed by atoms with Gasteiger partial charge in [0.25, 0.3) is 5.69 Å². The molecule has 0 unspecified atom stereocenters. The number of hydrogen-bond acceptors (Lipinski definition) is 3. The summed E-state index contributed by atoms with van der Waals surface area (Å²) in [5.74, 6) is 0. The van der Waals surface area contributed by atoms with Gasteiger partial charge in [-0.05, 0) is 32.4 Å². The van der Waals surface area contributed by atoms with E-state index in [9.17, 15) is 10.1 Å². The van der Waals surface area contributed by atoms with Gasteiger partial charge in [0.15, 0.2) is 0 Å². The normalized spacial score (nSPS) is 11.6. The van der Waals surface area contributed by atoms with Crippen molar-refractivity contribution < 1.29 is 4.92 Å². The van der Waals surface area contributed by atoms with Crippen LogP contribution in [0.5, 0.6) is 0 Å². The predicted molar refractivity (Wildman–Crippen MR) is 76.6 cm³/mol. The molecule has 0 radical (unpaired) electrons.